The normalized spacial score (nSPS) is 12.2. The summed E-state index contributed by atoms with van der Waals surface area (Å²) in [6.07, 6.45) is 1.59. The van der Waals surface area contributed by atoms with Crippen molar-refractivity contribution in [3.05, 3.63) is 28.2 Å². The fourth-order valence-corrected chi connectivity index (χ4v) is 1.83. The smallest absolute Gasteiger partial charge is 0.166 e. The largest absolute Gasteiger partial charge is 0.496 e. The van der Waals surface area contributed by atoms with Crippen molar-refractivity contribution in [1.82, 2.24) is 0 Å². The Morgan fingerprint density at radius 1 is 1.50 bits per heavy atom. The SMILES string of the molecule is CCC(C)CC(=O)c1cc(Br)ccc1OC. The van der Waals surface area contributed by atoms with E-state index in [0.717, 1.165) is 10.9 Å². The molecule has 0 spiro atoms. The van der Waals surface area contributed by atoms with Gasteiger partial charge in [-0.1, -0.05) is 36.2 Å². The highest BCUT2D eigenvalue weighted by molar-refractivity contribution is 9.10. The quantitative estimate of drug-likeness (QED) is 0.762. The summed E-state index contributed by atoms with van der Waals surface area (Å²) in [5, 5.41) is 0. The van der Waals surface area contributed by atoms with Gasteiger partial charge in [0.15, 0.2) is 5.78 Å². The molecule has 0 saturated heterocycles. The summed E-state index contributed by atoms with van der Waals surface area (Å²) < 4.78 is 6.10. The van der Waals surface area contributed by atoms with Gasteiger partial charge < -0.3 is 4.74 Å². The Morgan fingerprint density at radius 3 is 2.75 bits per heavy atom. The molecule has 0 amide bonds. The fraction of sp³-hybridized carbons (Fsp3) is 0.462. The van der Waals surface area contributed by atoms with Crippen LogP contribution in [0.2, 0.25) is 0 Å². The van der Waals surface area contributed by atoms with Crippen LogP contribution in [0.25, 0.3) is 0 Å². The lowest BCUT2D eigenvalue weighted by Crippen LogP contribution is -2.07. The van der Waals surface area contributed by atoms with Gasteiger partial charge in [-0.2, -0.15) is 0 Å². The Kier molecular flexibility index (Phi) is 5.00. The molecule has 0 aromatic heterocycles. The molecule has 1 aromatic rings. The molecule has 1 unspecified atom stereocenters. The molecule has 0 radical (unpaired) electrons. The van der Waals surface area contributed by atoms with Gasteiger partial charge in [0.05, 0.1) is 12.7 Å². The van der Waals surface area contributed by atoms with E-state index < -0.39 is 0 Å². The van der Waals surface area contributed by atoms with Crippen LogP contribution < -0.4 is 4.74 Å². The summed E-state index contributed by atoms with van der Waals surface area (Å²) >= 11 is 3.37. The number of ether oxygens (including phenoxy) is 1. The van der Waals surface area contributed by atoms with Crippen molar-refractivity contribution in [2.24, 2.45) is 5.92 Å². The summed E-state index contributed by atoms with van der Waals surface area (Å²) in [6.45, 7) is 4.18. The third-order valence-electron chi connectivity index (χ3n) is 2.69. The van der Waals surface area contributed by atoms with E-state index in [1.54, 1.807) is 7.11 Å². The van der Waals surface area contributed by atoms with E-state index in [-0.39, 0.29) is 5.78 Å². The lowest BCUT2D eigenvalue weighted by atomic mass is 9.97. The summed E-state index contributed by atoms with van der Waals surface area (Å²) in [6, 6.07) is 5.51. The number of benzene rings is 1. The molecule has 0 saturated carbocycles. The van der Waals surface area contributed by atoms with E-state index >= 15 is 0 Å². The average molecular weight is 285 g/mol. The number of hydrogen-bond acceptors (Lipinski definition) is 2. The molecule has 0 aliphatic carbocycles. The zero-order valence-corrected chi connectivity index (χ0v) is 11.5. The number of halogens is 1. The van der Waals surface area contributed by atoms with Crippen LogP contribution in [-0.4, -0.2) is 12.9 Å². The molecule has 0 aliphatic heterocycles. The van der Waals surface area contributed by atoms with Crippen LogP contribution in [0.3, 0.4) is 0 Å². The summed E-state index contributed by atoms with van der Waals surface area (Å²) in [4.78, 5) is 12.0. The minimum absolute atomic E-state index is 0.146. The molecule has 2 nitrogen and oxygen atoms in total. The number of methoxy groups -OCH3 is 1. The first kappa shape index (κ1) is 13.2. The first-order chi connectivity index (χ1) is 7.58. The molecule has 1 aromatic carbocycles. The fourth-order valence-electron chi connectivity index (χ4n) is 1.47. The summed E-state index contributed by atoms with van der Waals surface area (Å²) in [5.74, 6) is 1.21. The van der Waals surface area contributed by atoms with Crippen LogP contribution in [0, 0.1) is 5.92 Å². The van der Waals surface area contributed by atoms with E-state index in [1.165, 1.54) is 0 Å². The molecule has 0 bridgehead atoms. The number of Topliss-reactive ketones (excluding diaryl/α,β-unsaturated/α-hetero) is 1. The maximum Gasteiger partial charge on any atom is 0.166 e. The monoisotopic (exact) mass is 284 g/mol. The Morgan fingerprint density at radius 2 is 2.19 bits per heavy atom. The van der Waals surface area contributed by atoms with Crippen molar-refractivity contribution in [3.8, 4) is 5.75 Å². The van der Waals surface area contributed by atoms with Gasteiger partial charge in [0, 0.05) is 10.9 Å². The van der Waals surface area contributed by atoms with E-state index in [4.69, 9.17) is 4.74 Å². The predicted molar refractivity (Wildman–Crippen MR) is 69.1 cm³/mol. The highest BCUT2D eigenvalue weighted by Gasteiger charge is 2.15. The van der Waals surface area contributed by atoms with Crippen LogP contribution in [0.15, 0.2) is 22.7 Å². The van der Waals surface area contributed by atoms with Crippen LogP contribution in [-0.2, 0) is 0 Å². The van der Waals surface area contributed by atoms with Gasteiger partial charge in [0.1, 0.15) is 5.75 Å². The minimum atomic E-state index is 0.146. The molecular weight excluding hydrogens is 268 g/mol. The second-order valence-corrected chi connectivity index (χ2v) is 4.90. The van der Waals surface area contributed by atoms with Crippen molar-refractivity contribution in [1.29, 1.82) is 0 Å². The Hall–Kier alpha value is -0.830. The molecule has 16 heavy (non-hydrogen) atoms. The molecule has 1 atom stereocenters. The number of carbonyl (C=O) groups is 1. The van der Waals surface area contributed by atoms with Crippen molar-refractivity contribution in [3.63, 3.8) is 0 Å². The first-order valence-electron chi connectivity index (χ1n) is 5.45. The highest BCUT2D eigenvalue weighted by Crippen LogP contribution is 2.25. The number of carbonyl (C=O) groups excluding carboxylic acids is 1. The van der Waals surface area contributed by atoms with Crippen molar-refractivity contribution in [2.45, 2.75) is 26.7 Å². The molecular formula is C13H17BrO2. The van der Waals surface area contributed by atoms with Gasteiger partial charge in [0.2, 0.25) is 0 Å². The third-order valence-corrected chi connectivity index (χ3v) is 3.19. The predicted octanol–water partition coefficient (Wildman–Crippen LogP) is 4.08. The average Bonchev–Trinajstić information content (AvgIpc) is 2.28. The molecule has 3 heteroatoms. The van der Waals surface area contributed by atoms with Gasteiger partial charge >= 0.3 is 0 Å². The third kappa shape index (κ3) is 3.34. The Balaban J connectivity index is 2.93. The van der Waals surface area contributed by atoms with Gasteiger partial charge in [0.25, 0.3) is 0 Å². The molecule has 0 heterocycles. The molecule has 88 valence electrons. The Bertz CT molecular complexity index is 374. The van der Waals surface area contributed by atoms with E-state index in [1.807, 2.05) is 18.2 Å². The number of ketones is 1. The topological polar surface area (TPSA) is 26.3 Å². The second-order valence-electron chi connectivity index (χ2n) is 3.99. The zero-order chi connectivity index (χ0) is 12.1. The van der Waals surface area contributed by atoms with Gasteiger partial charge in [-0.3, -0.25) is 4.79 Å². The van der Waals surface area contributed by atoms with Crippen LogP contribution in [0.5, 0.6) is 5.75 Å². The standard InChI is InChI=1S/C13H17BrO2/c1-4-9(2)7-12(15)11-8-10(14)5-6-13(11)16-3/h5-6,8-9H,4,7H2,1-3H3. The maximum atomic E-state index is 12.0. The molecule has 1 rings (SSSR count). The van der Waals surface area contributed by atoms with Crippen LogP contribution in [0.1, 0.15) is 37.0 Å². The van der Waals surface area contributed by atoms with E-state index in [0.29, 0.717) is 23.7 Å². The van der Waals surface area contributed by atoms with Crippen molar-refractivity contribution < 1.29 is 9.53 Å². The highest BCUT2D eigenvalue weighted by atomic mass is 79.9. The lowest BCUT2D eigenvalue weighted by Gasteiger charge is -2.10. The van der Waals surface area contributed by atoms with E-state index in [9.17, 15) is 4.79 Å². The first-order valence-corrected chi connectivity index (χ1v) is 6.24. The minimum Gasteiger partial charge on any atom is -0.496 e. The zero-order valence-electron chi connectivity index (χ0n) is 9.92. The summed E-state index contributed by atoms with van der Waals surface area (Å²) in [5.41, 5.74) is 0.664. The molecule has 0 fully saturated rings. The van der Waals surface area contributed by atoms with Crippen LogP contribution >= 0.6 is 15.9 Å². The second kappa shape index (κ2) is 6.04. The molecule has 0 N–H and O–H groups in total. The van der Waals surface area contributed by atoms with Gasteiger partial charge in [-0.05, 0) is 24.1 Å². The van der Waals surface area contributed by atoms with Crippen LogP contribution in [0.4, 0.5) is 0 Å². The van der Waals surface area contributed by atoms with E-state index in [2.05, 4.69) is 29.8 Å². The van der Waals surface area contributed by atoms with Crippen molar-refractivity contribution >= 4 is 21.7 Å². The number of rotatable bonds is 5. The van der Waals surface area contributed by atoms with Gasteiger partial charge in [-0.25, -0.2) is 0 Å². The Labute approximate surface area is 105 Å². The number of hydrogen-bond donors (Lipinski definition) is 0. The van der Waals surface area contributed by atoms with Gasteiger partial charge in [-0.15, -0.1) is 0 Å². The summed E-state index contributed by atoms with van der Waals surface area (Å²) in [7, 11) is 1.59. The molecule has 0 aliphatic rings. The maximum absolute atomic E-state index is 12.0. The lowest BCUT2D eigenvalue weighted by molar-refractivity contribution is 0.0960. The van der Waals surface area contributed by atoms with Crippen molar-refractivity contribution in [2.75, 3.05) is 7.11 Å².